The highest BCUT2D eigenvalue weighted by atomic mass is 127. The Hall–Kier alpha value is -2.79. The van der Waals surface area contributed by atoms with Gasteiger partial charge in [0.2, 0.25) is 5.95 Å². The van der Waals surface area contributed by atoms with Gasteiger partial charge in [-0.2, -0.15) is 0 Å². The van der Waals surface area contributed by atoms with Gasteiger partial charge in [0, 0.05) is 47.1 Å². The van der Waals surface area contributed by atoms with Crippen LogP contribution in [-0.2, 0) is 19.6 Å². The Morgan fingerprint density at radius 2 is 2.10 bits per heavy atom. The molecule has 0 aliphatic carbocycles. The topological polar surface area (TPSA) is 84.6 Å². The van der Waals surface area contributed by atoms with Crippen molar-refractivity contribution in [2.75, 3.05) is 11.9 Å². The lowest BCUT2D eigenvalue weighted by molar-refractivity contribution is 0.277. The molecule has 0 radical (unpaired) electrons. The van der Waals surface area contributed by atoms with Crippen LogP contribution in [0, 0.1) is 16.4 Å². The van der Waals surface area contributed by atoms with Crippen LogP contribution in [0.15, 0.2) is 36.8 Å². The number of pyridine rings is 1. The van der Waals surface area contributed by atoms with E-state index in [9.17, 15) is 9.50 Å². The fourth-order valence-corrected chi connectivity index (χ4v) is 4.63. The molecular formula is C22H19FIN5O2. The van der Waals surface area contributed by atoms with Crippen LogP contribution in [0.25, 0.3) is 16.6 Å². The van der Waals surface area contributed by atoms with E-state index in [2.05, 4.69) is 42.9 Å². The molecule has 4 heterocycles. The first kappa shape index (κ1) is 20.1. The lowest BCUT2D eigenvalue weighted by Gasteiger charge is -2.14. The monoisotopic (exact) mass is 531 g/mol. The predicted octanol–water partition coefficient (Wildman–Crippen LogP) is 3.88. The van der Waals surface area contributed by atoms with E-state index < -0.39 is 0 Å². The van der Waals surface area contributed by atoms with Crippen molar-refractivity contribution in [2.45, 2.75) is 26.5 Å². The summed E-state index contributed by atoms with van der Waals surface area (Å²) in [5.74, 6) is 1.03. The second-order valence-corrected chi connectivity index (χ2v) is 8.33. The molecule has 0 saturated heterocycles. The van der Waals surface area contributed by atoms with Gasteiger partial charge in [-0.15, -0.1) is 0 Å². The number of aryl methyl sites for hydroxylation is 1. The molecule has 0 spiro atoms. The highest BCUT2D eigenvalue weighted by Crippen LogP contribution is 2.33. The molecule has 7 nitrogen and oxygen atoms in total. The number of aromatic nitrogens is 4. The fourth-order valence-electron chi connectivity index (χ4n) is 3.96. The van der Waals surface area contributed by atoms with Crippen LogP contribution < -0.4 is 10.1 Å². The molecule has 0 saturated carbocycles. The second kappa shape index (κ2) is 8.04. The van der Waals surface area contributed by atoms with E-state index in [1.54, 1.807) is 18.6 Å². The first-order chi connectivity index (χ1) is 15.1. The molecule has 1 aliphatic heterocycles. The molecule has 0 unspecified atom stereocenters. The van der Waals surface area contributed by atoms with Crippen molar-refractivity contribution in [2.24, 2.45) is 0 Å². The first-order valence-electron chi connectivity index (χ1n) is 9.83. The van der Waals surface area contributed by atoms with E-state index in [0.717, 1.165) is 37.4 Å². The van der Waals surface area contributed by atoms with Crippen molar-refractivity contribution in [3.05, 3.63) is 68.8 Å². The summed E-state index contributed by atoms with van der Waals surface area (Å²) < 4.78 is 22.7. The Morgan fingerprint density at radius 3 is 2.94 bits per heavy atom. The molecule has 4 aromatic rings. The molecule has 1 aliphatic rings. The number of nitrogens with one attached hydrogen (secondary N) is 1. The summed E-state index contributed by atoms with van der Waals surface area (Å²) in [7, 11) is 0. The van der Waals surface area contributed by atoms with E-state index in [-0.39, 0.29) is 19.0 Å². The van der Waals surface area contributed by atoms with Crippen molar-refractivity contribution in [1.29, 1.82) is 0 Å². The van der Waals surface area contributed by atoms with Crippen LogP contribution in [0.2, 0.25) is 0 Å². The smallest absolute Gasteiger partial charge is 0.209 e. The average molecular weight is 531 g/mol. The van der Waals surface area contributed by atoms with Crippen LogP contribution >= 0.6 is 22.6 Å². The van der Waals surface area contributed by atoms with Gasteiger partial charge in [0.05, 0.1) is 24.4 Å². The molecule has 3 aromatic heterocycles. The van der Waals surface area contributed by atoms with Crippen LogP contribution in [0.1, 0.15) is 22.5 Å². The van der Waals surface area contributed by atoms with Crippen molar-refractivity contribution in [3.63, 3.8) is 0 Å². The maximum atomic E-state index is 14.5. The quantitative estimate of drug-likeness (QED) is 0.381. The molecule has 5 rings (SSSR count). The standard InChI is InChI=1S/C22H19FIN5O2/c1-12-2-3-13(18(10-30)28-12)16-9-26-22(29-11-27-21(24)20(16)29)25-8-15-14-6-7-31-19(14)5-4-17(15)23/h2-5,9,11,30H,6-8,10H2,1H3,(H,25,26). The fraction of sp³-hybridized carbons (Fsp3) is 0.227. The second-order valence-electron chi connectivity index (χ2n) is 7.31. The minimum atomic E-state index is -0.261. The molecule has 31 heavy (non-hydrogen) atoms. The van der Waals surface area contributed by atoms with Gasteiger partial charge in [-0.05, 0) is 47.7 Å². The Morgan fingerprint density at radius 1 is 1.23 bits per heavy atom. The van der Waals surface area contributed by atoms with Gasteiger partial charge >= 0.3 is 0 Å². The summed E-state index contributed by atoms with van der Waals surface area (Å²) in [6.07, 6.45) is 4.12. The third-order valence-electron chi connectivity index (χ3n) is 5.44. The number of fused-ring (bicyclic) bond motifs is 2. The summed E-state index contributed by atoms with van der Waals surface area (Å²) in [5.41, 5.74) is 5.39. The van der Waals surface area contributed by atoms with Crippen LogP contribution in [0.4, 0.5) is 10.3 Å². The molecule has 9 heteroatoms. The number of imidazole rings is 1. The van der Waals surface area contributed by atoms with Gasteiger partial charge in [-0.1, -0.05) is 6.07 Å². The van der Waals surface area contributed by atoms with E-state index >= 15 is 0 Å². The summed E-state index contributed by atoms with van der Waals surface area (Å²) in [6.45, 7) is 2.56. The summed E-state index contributed by atoms with van der Waals surface area (Å²) in [4.78, 5) is 13.5. The summed E-state index contributed by atoms with van der Waals surface area (Å²) in [5, 5.41) is 13.1. The van der Waals surface area contributed by atoms with Crippen LogP contribution in [0.5, 0.6) is 5.75 Å². The zero-order chi connectivity index (χ0) is 21.5. The predicted molar refractivity (Wildman–Crippen MR) is 123 cm³/mol. The average Bonchev–Trinajstić information content (AvgIpc) is 3.40. The lowest BCUT2D eigenvalue weighted by Crippen LogP contribution is -2.10. The minimum Gasteiger partial charge on any atom is -0.493 e. The molecule has 0 fully saturated rings. The maximum absolute atomic E-state index is 14.5. The summed E-state index contributed by atoms with van der Waals surface area (Å²) in [6, 6.07) is 6.96. The van der Waals surface area contributed by atoms with E-state index in [0.29, 0.717) is 30.2 Å². The number of rotatable bonds is 5. The normalized spacial score (nSPS) is 12.8. The number of aliphatic hydroxyl groups excluding tert-OH is 1. The third-order valence-corrected chi connectivity index (χ3v) is 6.23. The van der Waals surface area contributed by atoms with Crippen LogP contribution in [0.3, 0.4) is 0 Å². The highest BCUT2D eigenvalue weighted by molar-refractivity contribution is 14.1. The Balaban J connectivity index is 1.55. The third kappa shape index (κ3) is 3.51. The number of hydrogen-bond donors (Lipinski definition) is 2. The number of ether oxygens (including phenoxy) is 1. The zero-order valence-electron chi connectivity index (χ0n) is 16.7. The van der Waals surface area contributed by atoms with Gasteiger partial charge in [0.25, 0.3) is 0 Å². The first-order valence-corrected chi connectivity index (χ1v) is 10.9. The lowest BCUT2D eigenvalue weighted by atomic mass is 10.0. The molecule has 2 N–H and O–H groups in total. The molecule has 1 aromatic carbocycles. The Kier molecular flexibility index (Phi) is 5.22. The number of halogens is 2. The van der Waals surface area contributed by atoms with Crippen molar-refractivity contribution in [3.8, 4) is 16.9 Å². The van der Waals surface area contributed by atoms with Gasteiger partial charge in [-0.25, -0.2) is 14.4 Å². The number of aliphatic hydroxyl groups is 1. The van der Waals surface area contributed by atoms with Gasteiger partial charge in [-0.3, -0.25) is 9.38 Å². The number of hydrogen-bond acceptors (Lipinski definition) is 6. The van der Waals surface area contributed by atoms with Crippen molar-refractivity contribution in [1.82, 2.24) is 19.4 Å². The Labute approximate surface area is 191 Å². The zero-order valence-corrected chi connectivity index (χ0v) is 18.9. The van der Waals surface area contributed by atoms with Crippen LogP contribution in [-0.4, -0.2) is 31.1 Å². The number of anilines is 1. The highest BCUT2D eigenvalue weighted by Gasteiger charge is 2.21. The van der Waals surface area contributed by atoms with E-state index in [4.69, 9.17) is 4.74 Å². The van der Waals surface area contributed by atoms with Crippen molar-refractivity contribution >= 4 is 34.1 Å². The number of benzene rings is 1. The number of nitrogens with zero attached hydrogens (tertiary/aromatic N) is 4. The maximum Gasteiger partial charge on any atom is 0.209 e. The largest absolute Gasteiger partial charge is 0.493 e. The van der Waals surface area contributed by atoms with E-state index in [1.807, 2.05) is 23.5 Å². The molecule has 0 bridgehead atoms. The molecule has 158 valence electrons. The summed E-state index contributed by atoms with van der Waals surface area (Å²) >= 11 is 2.18. The van der Waals surface area contributed by atoms with Gasteiger partial charge in [0.15, 0.2) is 0 Å². The molecule has 0 amide bonds. The van der Waals surface area contributed by atoms with Gasteiger partial charge < -0.3 is 15.2 Å². The SMILES string of the molecule is Cc1ccc(-c2cnc(NCc3c(F)ccc4c3CCO4)n3cnc(I)c23)c(CO)n1. The van der Waals surface area contributed by atoms with E-state index in [1.165, 1.54) is 6.07 Å². The minimum absolute atomic E-state index is 0.172. The molecule has 0 atom stereocenters. The van der Waals surface area contributed by atoms with Crippen molar-refractivity contribution < 1.29 is 14.2 Å². The molecular weight excluding hydrogens is 512 g/mol. The Bertz CT molecular complexity index is 1310. The van der Waals surface area contributed by atoms with Gasteiger partial charge in [0.1, 0.15) is 21.6 Å².